The lowest BCUT2D eigenvalue weighted by atomic mass is 9.83. The zero-order chi connectivity index (χ0) is 35.9. The number of nitriles is 3. The van der Waals surface area contributed by atoms with Crippen molar-refractivity contribution in [3.8, 4) is 51.6 Å². The molecule has 13 heteroatoms. The first-order chi connectivity index (χ1) is 24.2. The summed E-state index contributed by atoms with van der Waals surface area (Å²) in [5.41, 5.74) is 9.41. The van der Waals surface area contributed by atoms with Crippen molar-refractivity contribution in [2.45, 2.75) is 0 Å². The third-order valence-corrected chi connectivity index (χ3v) is 10.6. The average Bonchev–Trinajstić information content (AvgIpc) is 3.96. The molecule has 4 heterocycles. The van der Waals surface area contributed by atoms with Gasteiger partial charge in [-0.15, -0.1) is 0 Å². The molecule has 0 radical (unpaired) electrons. The molecule has 3 aromatic carbocycles. The molecule has 0 spiro atoms. The summed E-state index contributed by atoms with van der Waals surface area (Å²) in [6, 6.07) is 31.5. The lowest BCUT2D eigenvalue weighted by Gasteiger charge is -2.04. The summed E-state index contributed by atoms with van der Waals surface area (Å²) in [6.07, 6.45) is 0. The Bertz CT molecular complexity index is 2150. The largest absolute Gasteiger partial charge is 0.489 e. The Balaban J connectivity index is 0.000000157. The summed E-state index contributed by atoms with van der Waals surface area (Å²) in [7, 11) is -1.30. The molecule has 5 nitrogen and oxygen atoms in total. The highest BCUT2D eigenvalue weighted by molar-refractivity contribution is 9.11. The summed E-state index contributed by atoms with van der Waals surface area (Å²) < 4.78 is 2.77. The number of halogens is 3. The second-order valence-corrected chi connectivity index (χ2v) is 15.9. The van der Waals surface area contributed by atoms with Gasteiger partial charge in [0.25, 0.3) is 0 Å². The van der Waals surface area contributed by atoms with Crippen molar-refractivity contribution in [2.75, 3.05) is 0 Å². The van der Waals surface area contributed by atoms with E-state index in [-0.39, 0.29) is 0 Å². The number of rotatable bonds is 4. The quantitative estimate of drug-likeness (QED) is 0.171. The van der Waals surface area contributed by atoms with Gasteiger partial charge in [-0.25, -0.2) is 0 Å². The molecule has 7 aromatic rings. The van der Waals surface area contributed by atoms with E-state index in [4.69, 9.17) is 25.8 Å². The van der Waals surface area contributed by atoms with Crippen LogP contribution in [-0.2, 0) is 0 Å². The minimum Gasteiger partial charge on any atom is -0.423 e. The molecule has 50 heavy (non-hydrogen) atoms. The second-order valence-electron chi connectivity index (χ2n) is 9.99. The van der Waals surface area contributed by atoms with E-state index in [0.29, 0.717) is 22.2 Å². The highest BCUT2D eigenvalue weighted by atomic mass is 79.9. The first kappa shape index (κ1) is 39.1. The molecule has 7 rings (SSSR count). The molecule has 246 valence electrons. The highest BCUT2D eigenvalue weighted by Gasteiger charge is 2.09. The SMILES string of the molecule is N#Cc1cc(-c2ccsc2)cc(-c2ccsc2)c1.N#Cc1cc(Br)cc(-c2ccsc2)c1.N#Cc1cc(Br)cc(Br)c1.OB(O)c1ccsc1. The maximum atomic E-state index is 9.14. The van der Waals surface area contributed by atoms with Crippen LogP contribution in [0.3, 0.4) is 0 Å². The van der Waals surface area contributed by atoms with E-state index in [1.165, 1.54) is 22.5 Å². The Morgan fingerprint density at radius 2 is 0.800 bits per heavy atom. The van der Waals surface area contributed by atoms with Gasteiger partial charge in [0.05, 0.1) is 34.9 Å². The van der Waals surface area contributed by atoms with Crippen molar-refractivity contribution < 1.29 is 10.0 Å². The standard InChI is InChI=1S/C15H9NS2.C11H6BrNS.C7H3Br2N.C4H5BO2S/c16-8-11-5-14(12-1-3-17-9-12)7-15(6-11)13-2-4-18-10-13;12-11-4-8(6-13)3-10(5-11)9-1-2-14-7-9;8-6-1-5(4-10)2-7(9)3-6;6-5(7)4-1-2-8-3-4/h1-7,9-10H;1-5,7H;1-3H;1-3,6-7H. The molecule has 0 saturated heterocycles. The van der Waals surface area contributed by atoms with Gasteiger partial charge in [-0.05, 0) is 155 Å². The Morgan fingerprint density at radius 3 is 1.14 bits per heavy atom. The van der Waals surface area contributed by atoms with Crippen LogP contribution in [0.15, 0.2) is 135 Å². The molecule has 0 aliphatic carbocycles. The van der Waals surface area contributed by atoms with Gasteiger partial charge in [0.15, 0.2) is 0 Å². The van der Waals surface area contributed by atoms with E-state index in [0.717, 1.165) is 35.7 Å². The lowest BCUT2D eigenvalue weighted by Crippen LogP contribution is -2.27. The zero-order valence-corrected chi connectivity index (χ0v) is 33.7. The third kappa shape index (κ3) is 12.3. The Hall–Kier alpha value is -3.65. The van der Waals surface area contributed by atoms with Crippen molar-refractivity contribution in [2.24, 2.45) is 0 Å². The van der Waals surface area contributed by atoms with E-state index in [1.807, 2.05) is 53.9 Å². The summed E-state index contributed by atoms with van der Waals surface area (Å²) in [5, 5.41) is 59.3. The Morgan fingerprint density at radius 1 is 0.440 bits per heavy atom. The van der Waals surface area contributed by atoms with E-state index < -0.39 is 7.12 Å². The van der Waals surface area contributed by atoms with Crippen LogP contribution in [0.2, 0.25) is 0 Å². The van der Waals surface area contributed by atoms with Gasteiger partial charge in [-0.3, -0.25) is 0 Å². The van der Waals surface area contributed by atoms with Gasteiger partial charge in [-0.1, -0.05) is 53.9 Å². The van der Waals surface area contributed by atoms with Crippen LogP contribution in [0.1, 0.15) is 16.7 Å². The number of hydrogen-bond acceptors (Lipinski definition) is 9. The molecular weight excluding hydrogens is 897 g/mol. The molecule has 0 unspecified atom stereocenters. The highest BCUT2D eigenvalue weighted by Crippen LogP contribution is 2.30. The summed E-state index contributed by atoms with van der Waals surface area (Å²) in [6.45, 7) is 0. The minimum absolute atomic E-state index is 0.565. The van der Waals surface area contributed by atoms with Crippen molar-refractivity contribution in [1.29, 1.82) is 15.8 Å². The molecule has 0 aliphatic heterocycles. The van der Waals surface area contributed by atoms with Crippen LogP contribution < -0.4 is 5.46 Å². The molecule has 0 atom stereocenters. The van der Waals surface area contributed by atoms with Crippen LogP contribution in [-0.4, -0.2) is 17.2 Å². The fourth-order valence-corrected chi connectivity index (χ4v) is 8.63. The lowest BCUT2D eigenvalue weighted by molar-refractivity contribution is 0.426. The van der Waals surface area contributed by atoms with E-state index in [2.05, 4.69) is 105 Å². The van der Waals surface area contributed by atoms with Gasteiger partial charge in [0.2, 0.25) is 0 Å². The molecule has 0 amide bonds. The topological polar surface area (TPSA) is 112 Å². The Labute approximate surface area is 332 Å². The fraction of sp³-hybridized carbons (Fsp3) is 0. The first-order valence-corrected chi connectivity index (χ1v) is 20.4. The van der Waals surface area contributed by atoms with Crippen LogP contribution in [0.25, 0.3) is 33.4 Å². The maximum Gasteiger partial charge on any atom is 0.489 e. The van der Waals surface area contributed by atoms with Gasteiger partial charge < -0.3 is 10.0 Å². The monoisotopic (exact) mass is 917 g/mol. The van der Waals surface area contributed by atoms with Crippen molar-refractivity contribution in [1.82, 2.24) is 0 Å². The molecular formula is C37H23BBr3N3O2S4. The van der Waals surface area contributed by atoms with Gasteiger partial charge in [-0.2, -0.15) is 61.1 Å². The van der Waals surface area contributed by atoms with Crippen LogP contribution >= 0.6 is 93.1 Å². The van der Waals surface area contributed by atoms with Crippen LogP contribution in [0, 0.1) is 34.0 Å². The van der Waals surface area contributed by atoms with Crippen molar-refractivity contribution >= 4 is 106 Å². The first-order valence-electron chi connectivity index (χ1n) is 14.3. The van der Waals surface area contributed by atoms with Gasteiger partial charge in [0, 0.05) is 13.4 Å². The maximum absolute atomic E-state index is 9.14. The number of hydrogen-bond donors (Lipinski definition) is 2. The van der Waals surface area contributed by atoms with Gasteiger partial charge in [0.1, 0.15) is 0 Å². The van der Waals surface area contributed by atoms with Crippen molar-refractivity contribution in [3.05, 3.63) is 152 Å². The summed E-state index contributed by atoms with van der Waals surface area (Å²) in [4.78, 5) is 0. The van der Waals surface area contributed by atoms with Crippen LogP contribution in [0.4, 0.5) is 0 Å². The zero-order valence-electron chi connectivity index (χ0n) is 25.7. The normalized spacial score (nSPS) is 9.64. The molecule has 4 aromatic heterocycles. The predicted octanol–water partition coefficient (Wildman–Crippen LogP) is 11.6. The van der Waals surface area contributed by atoms with E-state index in [1.54, 1.807) is 63.0 Å². The smallest absolute Gasteiger partial charge is 0.423 e. The summed E-state index contributed by atoms with van der Waals surface area (Å²) in [5.74, 6) is 0. The predicted molar refractivity (Wildman–Crippen MR) is 221 cm³/mol. The molecule has 0 saturated carbocycles. The fourth-order valence-electron chi connectivity index (χ4n) is 4.17. The summed E-state index contributed by atoms with van der Waals surface area (Å²) >= 11 is 16.4. The number of nitrogens with zero attached hydrogens (tertiary/aromatic N) is 3. The molecule has 0 fully saturated rings. The average molecular weight is 920 g/mol. The van der Waals surface area contributed by atoms with E-state index in [9.17, 15) is 0 Å². The van der Waals surface area contributed by atoms with E-state index >= 15 is 0 Å². The van der Waals surface area contributed by atoms with Crippen molar-refractivity contribution in [3.63, 3.8) is 0 Å². The minimum atomic E-state index is -1.30. The third-order valence-electron chi connectivity index (χ3n) is 6.49. The van der Waals surface area contributed by atoms with Gasteiger partial charge >= 0.3 is 7.12 Å². The number of benzene rings is 3. The second kappa shape index (κ2) is 20.3. The Kier molecular flexibility index (Phi) is 15.9. The molecule has 2 N–H and O–H groups in total. The van der Waals surface area contributed by atoms with Crippen LogP contribution in [0.5, 0.6) is 0 Å². The molecule has 0 aliphatic rings. The molecule has 0 bridgehead atoms. The number of thiophene rings is 4.